The molecule has 0 spiro atoms. The Morgan fingerprint density at radius 1 is 1.67 bits per heavy atom. The van der Waals surface area contributed by atoms with Crippen molar-refractivity contribution in [3.05, 3.63) is 11.8 Å². The molecule has 4 heteroatoms. The lowest BCUT2D eigenvalue weighted by atomic mass is 10.2. The molecule has 0 aliphatic rings. The molecule has 0 amide bonds. The largest absolute Gasteiger partial charge is 0.396 e. The number of aliphatic hydroxyl groups is 1. The van der Waals surface area contributed by atoms with E-state index in [0.29, 0.717) is 0 Å². The summed E-state index contributed by atoms with van der Waals surface area (Å²) in [6.45, 7) is 3.00. The van der Waals surface area contributed by atoms with Crippen molar-refractivity contribution in [1.29, 1.82) is 0 Å². The van der Waals surface area contributed by atoms with Crippen LogP contribution in [0, 0.1) is 0 Å². The number of hydrogen-bond donors (Lipinski definition) is 2. The topological polar surface area (TPSA) is 64.1 Å². The fraction of sp³-hybridized carbons (Fsp3) is 0.625. The van der Waals surface area contributed by atoms with Crippen LogP contribution in [-0.2, 0) is 13.0 Å². The van der Waals surface area contributed by atoms with Gasteiger partial charge in [0.25, 0.3) is 0 Å². The molecule has 1 aromatic rings. The van der Waals surface area contributed by atoms with Crippen LogP contribution in [0.2, 0.25) is 0 Å². The Morgan fingerprint density at radius 2 is 2.42 bits per heavy atom. The van der Waals surface area contributed by atoms with Gasteiger partial charge in [-0.2, -0.15) is 5.10 Å². The molecule has 1 heterocycles. The Kier molecular flexibility index (Phi) is 3.10. The predicted octanol–water partition coefficient (Wildman–Crippen LogP) is 0.410. The Balaban J connectivity index is 2.66. The summed E-state index contributed by atoms with van der Waals surface area (Å²) in [5.74, 6) is 0.728. The zero-order valence-corrected chi connectivity index (χ0v) is 7.32. The zero-order chi connectivity index (χ0) is 8.97. The summed E-state index contributed by atoms with van der Waals surface area (Å²) < 4.78 is 1.76. The quantitative estimate of drug-likeness (QED) is 0.686. The molecule has 0 radical (unpaired) electrons. The maximum atomic E-state index is 8.61. The summed E-state index contributed by atoms with van der Waals surface area (Å²) in [5, 5.41) is 12.7. The van der Waals surface area contributed by atoms with E-state index in [1.807, 2.05) is 6.92 Å². The maximum Gasteiger partial charge on any atom is 0.124 e. The van der Waals surface area contributed by atoms with Gasteiger partial charge in [-0.15, -0.1) is 0 Å². The number of nitrogens with zero attached hydrogens (tertiary/aromatic N) is 2. The second kappa shape index (κ2) is 4.11. The molecule has 0 unspecified atom stereocenters. The molecule has 3 N–H and O–H groups in total. The second-order valence-corrected chi connectivity index (χ2v) is 2.70. The third kappa shape index (κ3) is 1.76. The van der Waals surface area contributed by atoms with Crippen molar-refractivity contribution in [1.82, 2.24) is 9.78 Å². The van der Waals surface area contributed by atoms with Crippen LogP contribution in [0.1, 0.15) is 18.9 Å². The van der Waals surface area contributed by atoms with E-state index < -0.39 is 0 Å². The molecule has 0 bridgehead atoms. The fourth-order valence-electron chi connectivity index (χ4n) is 1.15. The van der Waals surface area contributed by atoms with E-state index in [0.717, 1.165) is 30.8 Å². The number of hydrogen-bond acceptors (Lipinski definition) is 3. The first-order valence-electron chi connectivity index (χ1n) is 4.20. The molecule has 0 fully saturated rings. The first-order valence-corrected chi connectivity index (χ1v) is 4.20. The second-order valence-electron chi connectivity index (χ2n) is 2.70. The number of anilines is 1. The van der Waals surface area contributed by atoms with E-state index >= 15 is 0 Å². The minimum absolute atomic E-state index is 0.205. The van der Waals surface area contributed by atoms with Crippen LogP contribution in [0.4, 0.5) is 5.82 Å². The van der Waals surface area contributed by atoms with Crippen LogP contribution >= 0.6 is 0 Å². The van der Waals surface area contributed by atoms with E-state index in [1.165, 1.54) is 0 Å². The van der Waals surface area contributed by atoms with Gasteiger partial charge in [-0.1, -0.05) is 0 Å². The van der Waals surface area contributed by atoms with Crippen molar-refractivity contribution in [2.24, 2.45) is 0 Å². The van der Waals surface area contributed by atoms with Gasteiger partial charge in [0.15, 0.2) is 0 Å². The molecular formula is C8H15N3O. The third-order valence-electron chi connectivity index (χ3n) is 1.86. The average molecular weight is 169 g/mol. The van der Waals surface area contributed by atoms with Crippen molar-refractivity contribution in [2.45, 2.75) is 26.3 Å². The van der Waals surface area contributed by atoms with Crippen LogP contribution in [0.15, 0.2) is 6.20 Å². The lowest BCUT2D eigenvalue weighted by molar-refractivity contribution is 0.288. The summed E-state index contributed by atoms with van der Waals surface area (Å²) in [4.78, 5) is 0. The molecule has 12 heavy (non-hydrogen) atoms. The Morgan fingerprint density at radius 3 is 2.92 bits per heavy atom. The lowest BCUT2D eigenvalue weighted by Gasteiger charge is -2.00. The van der Waals surface area contributed by atoms with Crippen molar-refractivity contribution >= 4 is 5.82 Å². The number of aryl methyl sites for hydroxylation is 2. The molecule has 0 saturated carbocycles. The molecule has 0 aromatic carbocycles. The lowest BCUT2D eigenvalue weighted by Crippen LogP contribution is -2.03. The van der Waals surface area contributed by atoms with Crippen LogP contribution < -0.4 is 5.73 Å². The first-order chi connectivity index (χ1) is 5.79. The van der Waals surface area contributed by atoms with Crippen molar-refractivity contribution in [2.75, 3.05) is 12.3 Å². The van der Waals surface area contributed by atoms with E-state index in [4.69, 9.17) is 10.8 Å². The number of nitrogen functional groups attached to an aromatic ring is 1. The minimum atomic E-state index is 0.205. The average Bonchev–Trinajstić information content (AvgIpc) is 2.43. The summed E-state index contributed by atoms with van der Waals surface area (Å²) in [6.07, 6.45) is 3.33. The molecule has 0 aliphatic heterocycles. The number of nitrogens with two attached hydrogens (primary N) is 1. The highest BCUT2D eigenvalue weighted by Crippen LogP contribution is 2.12. The summed E-state index contributed by atoms with van der Waals surface area (Å²) >= 11 is 0. The van der Waals surface area contributed by atoms with Gasteiger partial charge in [0.05, 0.1) is 6.20 Å². The molecule has 4 nitrogen and oxygen atoms in total. The van der Waals surface area contributed by atoms with Crippen molar-refractivity contribution in [3.8, 4) is 0 Å². The van der Waals surface area contributed by atoms with E-state index in [9.17, 15) is 0 Å². The van der Waals surface area contributed by atoms with E-state index in [1.54, 1.807) is 10.9 Å². The third-order valence-corrected chi connectivity index (χ3v) is 1.86. The van der Waals surface area contributed by atoms with E-state index in [2.05, 4.69) is 5.10 Å². The van der Waals surface area contributed by atoms with Gasteiger partial charge in [-0.3, -0.25) is 4.68 Å². The van der Waals surface area contributed by atoms with Crippen LogP contribution in [0.3, 0.4) is 0 Å². The minimum Gasteiger partial charge on any atom is -0.396 e. The fourth-order valence-corrected chi connectivity index (χ4v) is 1.15. The normalized spacial score (nSPS) is 10.5. The molecule has 0 atom stereocenters. The first kappa shape index (κ1) is 9.06. The van der Waals surface area contributed by atoms with Crippen LogP contribution in [-0.4, -0.2) is 21.5 Å². The smallest absolute Gasteiger partial charge is 0.124 e. The Labute approximate surface area is 72.0 Å². The Bertz CT molecular complexity index is 244. The Hall–Kier alpha value is -1.03. The standard InChI is InChI=1S/C8H15N3O/c1-2-11-8(9)7(6-10-11)4-3-5-12/h6,12H,2-5,9H2,1H3. The number of aliphatic hydroxyl groups excluding tert-OH is 1. The van der Waals surface area contributed by atoms with Gasteiger partial charge in [0, 0.05) is 18.7 Å². The van der Waals surface area contributed by atoms with Crippen molar-refractivity contribution < 1.29 is 5.11 Å². The van der Waals surface area contributed by atoms with Gasteiger partial charge in [0.2, 0.25) is 0 Å². The molecule has 68 valence electrons. The summed E-state index contributed by atoms with van der Waals surface area (Å²) in [7, 11) is 0. The van der Waals surface area contributed by atoms with Gasteiger partial charge >= 0.3 is 0 Å². The summed E-state index contributed by atoms with van der Waals surface area (Å²) in [6, 6.07) is 0. The van der Waals surface area contributed by atoms with Gasteiger partial charge in [-0.25, -0.2) is 0 Å². The molecule has 1 rings (SSSR count). The molecular weight excluding hydrogens is 154 g/mol. The highest BCUT2D eigenvalue weighted by atomic mass is 16.2. The highest BCUT2D eigenvalue weighted by Gasteiger charge is 2.04. The molecule has 1 aromatic heterocycles. The number of rotatable bonds is 4. The van der Waals surface area contributed by atoms with Gasteiger partial charge in [0.1, 0.15) is 5.82 Å². The zero-order valence-electron chi connectivity index (χ0n) is 7.32. The van der Waals surface area contributed by atoms with Gasteiger partial charge in [-0.05, 0) is 19.8 Å². The van der Waals surface area contributed by atoms with Crippen LogP contribution in [0.5, 0.6) is 0 Å². The molecule has 0 aliphatic carbocycles. The van der Waals surface area contributed by atoms with Crippen molar-refractivity contribution in [3.63, 3.8) is 0 Å². The maximum absolute atomic E-state index is 8.61. The highest BCUT2D eigenvalue weighted by molar-refractivity contribution is 5.38. The summed E-state index contributed by atoms with van der Waals surface area (Å²) in [5.41, 5.74) is 6.81. The SMILES string of the molecule is CCn1ncc(CCCO)c1N. The number of aromatic nitrogens is 2. The van der Waals surface area contributed by atoms with Gasteiger partial charge < -0.3 is 10.8 Å². The predicted molar refractivity (Wildman–Crippen MR) is 47.7 cm³/mol. The monoisotopic (exact) mass is 169 g/mol. The van der Waals surface area contributed by atoms with Crippen LogP contribution in [0.25, 0.3) is 0 Å². The molecule has 0 saturated heterocycles. The van der Waals surface area contributed by atoms with E-state index in [-0.39, 0.29) is 6.61 Å².